The zero-order chi connectivity index (χ0) is 15.8. The standard InChI is InChI=1S/C14H18N2O5/c1-9-7-15(8-14(2,3)21-9)12-10(13(17)18)5-4-6-11(12)16(19)20/h4-6,9H,7-8H2,1-3H3,(H,17,18). The van der Waals surface area contributed by atoms with E-state index in [9.17, 15) is 20.0 Å². The average Bonchev–Trinajstić information content (AvgIpc) is 2.35. The number of benzene rings is 1. The summed E-state index contributed by atoms with van der Waals surface area (Å²) in [5.74, 6) is -1.18. The minimum atomic E-state index is -1.18. The largest absolute Gasteiger partial charge is 0.478 e. The Morgan fingerprint density at radius 3 is 2.71 bits per heavy atom. The van der Waals surface area contributed by atoms with E-state index in [1.807, 2.05) is 20.8 Å². The zero-order valence-corrected chi connectivity index (χ0v) is 12.2. The van der Waals surface area contributed by atoms with Crippen LogP contribution < -0.4 is 4.90 Å². The minimum Gasteiger partial charge on any atom is -0.478 e. The lowest BCUT2D eigenvalue weighted by molar-refractivity contribution is -0.384. The molecular formula is C14H18N2O5. The number of carboxylic acids is 1. The molecule has 0 bridgehead atoms. The number of carbonyl (C=O) groups is 1. The van der Waals surface area contributed by atoms with E-state index < -0.39 is 16.5 Å². The van der Waals surface area contributed by atoms with Crippen molar-refractivity contribution in [3.8, 4) is 0 Å². The van der Waals surface area contributed by atoms with Crippen LogP contribution in [0.15, 0.2) is 18.2 Å². The summed E-state index contributed by atoms with van der Waals surface area (Å²) in [7, 11) is 0. The molecule has 0 saturated carbocycles. The summed E-state index contributed by atoms with van der Waals surface area (Å²) in [6.45, 7) is 6.43. The van der Waals surface area contributed by atoms with Gasteiger partial charge in [0.05, 0.1) is 22.2 Å². The van der Waals surface area contributed by atoms with Gasteiger partial charge in [0, 0.05) is 19.2 Å². The van der Waals surface area contributed by atoms with Crippen LogP contribution in [0.25, 0.3) is 0 Å². The molecule has 7 nitrogen and oxygen atoms in total. The van der Waals surface area contributed by atoms with E-state index in [-0.39, 0.29) is 23.0 Å². The molecule has 2 rings (SSSR count). The third-order valence-electron chi connectivity index (χ3n) is 3.33. The summed E-state index contributed by atoms with van der Waals surface area (Å²) in [6, 6.07) is 4.10. The number of anilines is 1. The van der Waals surface area contributed by atoms with E-state index in [4.69, 9.17) is 4.74 Å². The normalized spacial score (nSPS) is 21.1. The van der Waals surface area contributed by atoms with Crippen LogP contribution in [-0.4, -0.2) is 40.8 Å². The molecule has 1 N–H and O–H groups in total. The second kappa shape index (κ2) is 5.33. The van der Waals surface area contributed by atoms with E-state index >= 15 is 0 Å². The number of ether oxygens (including phenoxy) is 1. The third-order valence-corrected chi connectivity index (χ3v) is 3.33. The summed E-state index contributed by atoms with van der Waals surface area (Å²) in [4.78, 5) is 23.8. The third kappa shape index (κ3) is 3.13. The first-order valence-corrected chi connectivity index (χ1v) is 6.65. The second-order valence-electron chi connectivity index (χ2n) is 5.80. The number of hydrogen-bond acceptors (Lipinski definition) is 5. The molecule has 1 aliphatic rings. The molecule has 0 radical (unpaired) electrons. The molecule has 1 aliphatic heterocycles. The summed E-state index contributed by atoms with van der Waals surface area (Å²) in [5, 5.41) is 20.6. The molecule has 1 saturated heterocycles. The quantitative estimate of drug-likeness (QED) is 0.679. The van der Waals surface area contributed by atoms with Crippen LogP contribution in [0.5, 0.6) is 0 Å². The van der Waals surface area contributed by atoms with Crippen molar-refractivity contribution in [2.45, 2.75) is 32.5 Å². The Balaban J connectivity index is 2.55. The molecule has 114 valence electrons. The van der Waals surface area contributed by atoms with Gasteiger partial charge in [0.25, 0.3) is 5.69 Å². The van der Waals surface area contributed by atoms with Gasteiger partial charge in [0.1, 0.15) is 5.69 Å². The number of hydrogen-bond donors (Lipinski definition) is 1. The number of rotatable bonds is 3. The van der Waals surface area contributed by atoms with E-state index in [1.165, 1.54) is 18.2 Å². The van der Waals surface area contributed by atoms with Crippen molar-refractivity contribution in [3.05, 3.63) is 33.9 Å². The van der Waals surface area contributed by atoms with E-state index in [1.54, 1.807) is 4.90 Å². The van der Waals surface area contributed by atoms with Crippen molar-refractivity contribution in [1.29, 1.82) is 0 Å². The Hall–Kier alpha value is -2.15. The number of nitro groups is 1. The zero-order valence-electron chi connectivity index (χ0n) is 12.2. The van der Waals surface area contributed by atoms with Gasteiger partial charge in [-0.05, 0) is 26.8 Å². The molecule has 0 aliphatic carbocycles. The van der Waals surface area contributed by atoms with Crippen molar-refractivity contribution >= 4 is 17.3 Å². The SMILES string of the molecule is CC1CN(c2c(C(=O)O)cccc2[N+](=O)[O-])CC(C)(C)O1. The highest BCUT2D eigenvalue weighted by Crippen LogP contribution is 2.35. The molecule has 1 aromatic rings. The molecule has 1 aromatic carbocycles. The highest BCUT2D eigenvalue weighted by molar-refractivity contribution is 5.97. The smallest absolute Gasteiger partial charge is 0.338 e. The predicted molar refractivity (Wildman–Crippen MR) is 76.9 cm³/mol. The van der Waals surface area contributed by atoms with Gasteiger partial charge in [-0.3, -0.25) is 10.1 Å². The lowest BCUT2D eigenvalue weighted by Gasteiger charge is -2.42. The van der Waals surface area contributed by atoms with E-state index in [2.05, 4.69) is 0 Å². The molecule has 0 spiro atoms. The van der Waals surface area contributed by atoms with Gasteiger partial charge in [0.15, 0.2) is 0 Å². The molecule has 21 heavy (non-hydrogen) atoms. The second-order valence-corrected chi connectivity index (χ2v) is 5.80. The van der Waals surface area contributed by atoms with Gasteiger partial charge in [-0.15, -0.1) is 0 Å². The van der Waals surface area contributed by atoms with Gasteiger partial charge in [-0.1, -0.05) is 6.07 Å². The fourth-order valence-electron chi connectivity index (χ4n) is 2.81. The first kappa shape index (κ1) is 15.2. The van der Waals surface area contributed by atoms with Crippen LogP contribution in [0.3, 0.4) is 0 Å². The van der Waals surface area contributed by atoms with Crippen LogP contribution in [-0.2, 0) is 4.74 Å². The van der Waals surface area contributed by atoms with Crippen LogP contribution in [0.4, 0.5) is 11.4 Å². The monoisotopic (exact) mass is 294 g/mol. The summed E-state index contributed by atoms with van der Waals surface area (Å²) in [6.07, 6.45) is -0.143. The number of carboxylic acid groups (broad SMARTS) is 1. The Morgan fingerprint density at radius 2 is 2.19 bits per heavy atom. The van der Waals surface area contributed by atoms with E-state index in [0.717, 1.165) is 0 Å². The number of nitro benzene ring substituents is 1. The summed E-state index contributed by atoms with van der Waals surface area (Å²) < 4.78 is 5.77. The Kier molecular flexibility index (Phi) is 3.87. The fraction of sp³-hybridized carbons (Fsp3) is 0.500. The highest BCUT2D eigenvalue weighted by atomic mass is 16.6. The molecule has 1 atom stereocenters. The molecular weight excluding hydrogens is 276 g/mol. The van der Waals surface area contributed by atoms with Crippen LogP contribution in [0.2, 0.25) is 0 Å². The van der Waals surface area contributed by atoms with Gasteiger partial charge < -0.3 is 14.7 Å². The lowest BCUT2D eigenvalue weighted by atomic mass is 10.0. The van der Waals surface area contributed by atoms with Gasteiger partial charge in [0.2, 0.25) is 0 Å². The van der Waals surface area contributed by atoms with Gasteiger partial charge in [-0.25, -0.2) is 4.79 Å². The fourth-order valence-corrected chi connectivity index (χ4v) is 2.81. The maximum Gasteiger partial charge on any atom is 0.338 e. The maximum atomic E-state index is 11.4. The van der Waals surface area contributed by atoms with Crippen molar-refractivity contribution in [3.63, 3.8) is 0 Å². The number of aromatic carboxylic acids is 1. The highest BCUT2D eigenvalue weighted by Gasteiger charge is 2.36. The van der Waals surface area contributed by atoms with Crippen LogP contribution >= 0.6 is 0 Å². The summed E-state index contributed by atoms with van der Waals surface area (Å²) >= 11 is 0. The molecule has 7 heteroatoms. The van der Waals surface area contributed by atoms with Crippen LogP contribution in [0, 0.1) is 10.1 Å². The minimum absolute atomic E-state index is 0.0610. The maximum absolute atomic E-state index is 11.4. The topological polar surface area (TPSA) is 92.9 Å². The predicted octanol–water partition coefficient (Wildman–Crippen LogP) is 2.30. The van der Waals surface area contributed by atoms with Crippen molar-refractivity contribution in [2.24, 2.45) is 0 Å². The number of morpholine rings is 1. The Morgan fingerprint density at radius 1 is 1.52 bits per heavy atom. The van der Waals surface area contributed by atoms with Gasteiger partial charge >= 0.3 is 5.97 Å². The van der Waals surface area contributed by atoms with Crippen LogP contribution in [0.1, 0.15) is 31.1 Å². The summed E-state index contributed by atoms with van der Waals surface area (Å²) in [5.41, 5.74) is -0.607. The Bertz CT molecular complexity index is 552. The molecule has 1 fully saturated rings. The first-order chi connectivity index (χ1) is 9.71. The van der Waals surface area contributed by atoms with Crippen molar-refractivity contribution in [1.82, 2.24) is 0 Å². The van der Waals surface area contributed by atoms with Gasteiger partial charge in [-0.2, -0.15) is 0 Å². The average molecular weight is 294 g/mol. The first-order valence-electron chi connectivity index (χ1n) is 6.65. The molecule has 0 amide bonds. The van der Waals surface area contributed by atoms with E-state index in [0.29, 0.717) is 13.1 Å². The molecule has 0 aromatic heterocycles. The van der Waals surface area contributed by atoms with Crippen molar-refractivity contribution < 1.29 is 19.6 Å². The number of para-hydroxylation sites is 1. The molecule has 1 heterocycles. The van der Waals surface area contributed by atoms with Crippen molar-refractivity contribution in [2.75, 3.05) is 18.0 Å². The number of nitrogens with zero attached hydrogens (tertiary/aromatic N) is 2. The lowest BCUT2D eigenvalue weighted by Crippen LogP contribution is -2.52. The molecule has 1 unspecified atom stereocenters. The Labute approximate surface area is 122 Å².